The summed E-state index contributed by atoms with van der Waals surface area (Å²) < 4.78 is 0. The average molecular weight is 706 g/mol. The predicted octanol–water partition coefficient (Wildman–Crippen LogP) is -1.78. The Morgan fingerprint density at radius 2 is 1.44 bits per heavy atom. The molecule has 17 nitrogen and oxygen atoms in total. The zero-order valence-corrected chi connectivity index (χ0v) is 29.5. The lowest BCUT2D eigenvalue weighted by Crippen LogP contribution is -2.60. The number of carbonyl (C=O) groups is 6. The van der Waals surface area contributed by atoms with Crippen molar-refractivity contribution in [2.75, 3.05) is 13.1 Å². The minimum atomic E-state index is -1.43. The van der Waals surface area contributed by atoms with Gasteiger partial charge in [-0.25, -0.2) is 4.79 Å². The van der Waals surface area contributed by atoms with Crippen LogP contribution < -0.4 is 43.8 Å². The highest BCUT2D eigenvalue weighted by atomic mass is 16.4. The number of carboxylic acids is 1. The van der Waals surface area contributed by atoms with Gasteiger partial charge in [0.2, 0.25) is 29.5 Å². The fourth-order valence-electron chi connectivity index (χ4n) is 4.83. The molecule has 0 aliphatic carbocycles. The van der Waals surface area contributed by atoms with Crippen molar-refractivity contribution in [3.05, 3.63) is 35.9 Å². The molecule has 0 fully saturated rings. The maximum absolute atomic E-state index is 13.3. The largest absolute Gasteiger partial charge is 0.480 e. The van der Waals surface area contributed by atoms with E-state index in [1.54, 1.807) is 52.0 Å². The van der Waals surface area contributed by atoms with Crippen molar-refractivity contribution in [2.45, 2.75) is 103 Å². The fraction of sp³-hybridized carbons (Fsp3) is 0.606. The summed E-state index contributed by atoms with van der Waals surface area (Å²) >= 11 is 0. The summed E-state index contributed by atoms with van der Waals surface area (Å²) in [5.74, 6) is -5.58. The van der Waals surface area contributed by atoms with E-state index < -0.39 is 84.3 Å². The number of aliphatic carboxylic acids is 1. The van der Waals surface area contributed by atoms with Crippen molar-refractivity contribution in [2.24, 2.45) is 34.0 Å². The molecule has 5 amide bonds. The van der Waals surface area contributed by atoms with Gasteiger partial charge in [0.05, 0.1) is 18.7 Å². The van der Waals surface area contributed by atoms with Crippen LogP contribution in [-0.2, 0) is 35.2 Å². The monoisotopic (exact) mass is 705 g/mol. The molecule has 7 atom stereocenters. The number of hydrogen-bond donors (Lipinski definition) is 10. The summed E-state index contributed by atoms with van der Waals surface area (Å²) in [6, 6.07) is 3.05. The number of hydrogen-bond acceptors (Lipinski definition) is 9. The molecule has 0 saturated heterocycles. The molecule has 0 saturated carbocycles. The number of aliphatic hydroxyl groups is 1. The molecule has 0 spiro atoms. The molecule has 0 unspecified atom stereocenters. The number of benzene rings is 1. The Labute approximate surface area is 293 Å². The highest BCUT2D eigenvalue weighted by Gasteiger charge is 2.33. The fourth-order valence-corrected chi connectivity index (χ4v) is 4.83. The highest BCUT2D eigenvalue weighted by Crippen LogP contribution is 2.10. The van der Waals surface area contributed by atoms with Crippen molar-refractivity contribution in [1.29, 1.82) is 0 Å². The first-order valence-corrected chi connectivity index (χ1v) is 16.7. The van der Waals surface area contributed by atoms with Gasteiger partial charge in [-0.15, -0.1) is 0 Å². The van der Waals surface area contributed by atoms with E-state index in [2.05, 4.69) is 31.6 Å². The minimum Gasteiger partial charge on any atom is -0.480 e. The first kappa shape index (κ1) is 43.3. The molecule has 1 aromatic rings. The second-order valence-corrected chi connectivity index (χ2v) is 12.7. The molecule has 280 valence electrons. The predicted molar refractivity (Wildman–Crippen MR) is 187 cm³/mol. The van der Waals surface area contributed by atoms with E-state index >= 15 is 0 Å². The molecule has 1 rings (SSSR count). The Morgan fingerprint density at radius 3 is 1.98 bits per heavy atom. The van der Waals surface area contributed by atoms with Crippen LogP contribution in [0.4, 0.5) is 0 Å². The second-order valence-electron chi connectivity index (χ2n) is 12.7. The van der Waals surface area contributed by atoms with Crippen LogP contribution in [0.2, 0.25) is 0 Å². The number of nitrogens with two attached hydrogens (primary N) is 3. The number of carboxylic acid groups (broad SMARTS) is 1. The van der Waals surface area contributed by atoms with E-state index in [0.717, 1.165) is 5.56 Å². The van der Waals surface area contributed by atoms with Gasteiger partial charge in [-0.3, -0.25) is 29.0 Å². The molecule has 50 heavy (non-hydrogen) atoms. The van der Waals surface area contributed by atoms with Crippen molar-refractivity contribution in [3.8, 4) is 0 Å². The van der Waals surface area contributed by atoms with Gasteiger partial charge >= 0.3 is 5.97 Å². The number of nitrogens with zero attached hydrogens (tertiary/aromatic N) is 1. The number of aliphatic imine (C=N–C) groups is 1. The smallest absolute Gasteiger partial charge is 0.326 e. The molecule has 13 N–H and O–H groups in total. The second kappa shape index (κ2) is 22.0. The van der Waals surface area contributed by atoms with Crippen LogP contribution in [0, 0.1) is 11.8 Å². The van der Waals surface area contributed by atoms with Gasteiger partial charge in [0.15, 0.2) is 5.96 Å². The van der Waals surface area contributed by atoms with Gasteiger partial charge in [-0.2, -0.15) is 0 Å². The zero-order chi connectivity index (χ0) is 38.0. The van der Waals surface area contributed by atoms with E-state index in [1.165, 1.54) is 6.92 Å². The first-order valence-electron chi connectivity index (χ1n) is 16.7. The summed E-state index contributed by atoms with van der Waals surface area (Å²) in [6.45, 7) is 7.96. The van der Waals surface area contributed by atoms with E-state index in [0.29, 0.717) is 6.42 Å². The molecule has 17 heteroatoms. The molecule has 0 heterocycles. The van der Waals surface area contributed by atoms with Gasteiger partial charge in [0.25, 0.3) is 0 Å². The lowest BCUT2D eigenvalue weighted by molar-refractivity contribution is -0.142. The average Bonchev–Trinajstić information content (AvgIpc) is 3.05. The summed E-state index contributed by atoms with van der Waals surface area (Å²) in [4.78, 5) is 80.9. The van der Waals surface area contributed by atoms with Gasteiger partial charge in [-0.1, -0.05) is 64.4 Å². The minimum absolute atomic E-state index is 0.0372. The number of amides is 5. The maximum Gasteiger partial charge on any atom is 0.326 e. The van der Waals surface area contributed by atoms with Crippen LogP contribution in [0.15, 0.2) is 35.3 Å². The van der Waals surface area contributed by atoms with E-state index in [9.17, 15) is 39.0 Å². The quantitative estimate of drug-likeness (QED) is 0.0366. The van der Waals surface area contributed by atoms with Gasteiger partial charge in [0.1, 0.15) is 24.2 Å². The van der Waals surface area contributed by atoms with E-state index in [4.69, 9.17) is 17.2 Å². The Hall–Kier alpha value is -4.77. The Balaban J connectivity index is 2.97. The summed E-state index contributed by atoms with van der Waals surface area (Å²) in [7, 11) is 0. The Morgan fingerprint density at radius 1 is 0.820 bits per heavy atom. The third-order valence-electron chi connectivity index (χ3n) is 7.83. The zero-order valence-electron chi connectivity index (χ0n) is 29.5. The van der Waals surface area contributed by atoms with Gasteiger partial charge < -0.3 is 54.0 Å². The number of guanidine groups is 1. The third-order valence-corrected chi connectivity index (χ3v) is 7.83. The van der Waals surface area contributed by atoms with Crippen LogP contribution in [0.5, 0.6) is 0 Å². The van der Waals surface area contributed by atoms with Crippen molar-refractivity contribution >= 4 is 41.5 Å². The summed E-state index contributed by atoms with van der Waals surface area (Å²) in [5.41, 5.74) is 17.6. The summed E-state index contributed by atoms with van der Waals surface area (Å²) in [5, 5.41) is 32.3. The highest BCUT2D eigenvalue weighted by molar-refractivity contribution is 5.95. The van der Waals surface area contributed by atoms with Crippen LogP contribution in [0.1, 0.15) is 65.9 Å². The van der Waals surface area contributed by atoms with Crippen LogP contribution in [-0.4, -0.2) is 101 Å². The van der Waals surface area contributed by atoms with Crippen LogP contribution in [0.3, 0.4) is 0 Å². The van der Waals surface area contributed by atoms with Crippen LogP contribution in [0.25, 0.3) is 0 Å². The molecule has 1 aromatic carbocycles. The van der Waals surface area contributed by atoms with E-state index in [1.807, 2.05) is 6.07 Å². The van der Waals surface area contributed by atoms with Crippen molar-refractivity contribution < 1.29 is 39.0 Å². The Kier molecular flexibility index (Phi) is 19.1. The molecular weight excluding hydrogens is 650 g/mol. The normalized spacial score (nSPS) is 15.2. The topological polar surface area (TPSA) is 293 Å². The molecule has 0 aliphatic rings. The van der Waals surface area contributed by atoms with Gasteiger partial charge in [0, 0.05) is 6.54 Å². The molecule has 0 bridgehead atoms. The first-order chi connectivity index (χ1) is 23.5. The van der Waals surface area contributed by atoms with Crippen molar-refractivity contribution in [1.82, 2.24) is 26.6 Å². The number of nitrogens with one attached hydrogen (secondary N) is 5. The molecule has 0 aliphatic heterocycles. The Bertz CT molecular complexity index is 1310. The van der Waals surface area contributed by atoms with Crippen molar-refractivity contribution in [3.63, 3.8) is 0 Å². The van der Waals surface area contributed by atoms with Gasteiger partial charge in [-0.05, 0) is 50.0 Å². The number of carbonyl (C=O) groups excluding carboxylic acids is 5. The lowest BCUT2D eigenvalue weighted by Gasteiger charge is -2.28. The standard InChI is InChI=1S/C33H55N9O8/c1-6-19(4)26(41-31(48)27(20(5)43)42-28(45)22(34)16-21-11-8-7-9-12-21)30(47)38-17-25(44)39-23(13-10-14-37-33(35)36)29(46)40-24(32(49)50)15-18(2)3/h7-9,11-12,18-20,22-24,26-27,43H,6,10,13-17,34H2,1-5H3,(H,38,47)(H,39,44)(H,40,46)(H,41,48)(H,42,45)(H,49,50)(H4,35,36,37)/t19-,20+,22-,23-,24-,26-,27-/m0/s1. The lowest BCUT2D eigenvalue weighted by atomic mass is 9.97. The summed E-state index contributed by atoms with van der Waals surface area (Å²) in [6.07, 6.45) is -0.219. The number of rotatable bonds is 22. The SMILES string of the molecule is CC[C@H](C)[C@H](NC(=O)[C@@H](NC(=O)[C@@H](N)Cc1ccccc1)[C@@H](C)O)C(=O)NCC(=O)N[C@@H](CCCN=C(N)N)C(=O)N[C@@H](CC(C)C)C(=O)O. The third kappa shape index (κ3) is 16.1. The number of aliphatic hydroxyl groups excluding tert-OH is 1. The molecular formula is C33H55N9O8. The van der Waals surface area contributed by atoms with Crippen LogP contribution >= 0.6 is 0 Å². The molecule has 0 radical (unpaired) electrons. The van der Waals surface area contributed by atoms with E-state index in [-0.39, 0.29) is 44.1 Å². The molecule has 0 aromatic heterocycles. The maximum atomic E-state index is 13.3.